The minimum atomic E-state index is -0.975. The number of hydrogen-bond acceptors (Lipinski definition) is 4. The summed E-state index contributed by atoms with van der Waals surface area (Å²) in [6.07, 6.45) is -0.975. The first-order valence-electron chi connectivity index (χ1n) is 9.06. The maximum atomic E-state index is 14.8. The molecule has 1 fully saturated rings. The zero-order chi connectivity index (χ0) is 21.9. The summed E-state index contributed by atoms with van der Waals surface area (Å²) in [5.74, 6) is -0.185. The lowest BCUT2D eigenvalue weighted by molar-refractivity contribution is -0.00146. The fourth-order valence-electron chi connectivity index (χ4n) is 3.70. The molecule has 0 spiro atoms. The summed E-state index contributed by atoms with van der Waals surface area (Å²) in [4.78, 5) is 23.8. The van der Waals surface area contributed by atoms with Gasteiger partial charge in [0.2, 0.25) is 5.28 Å². The first-order chi connectivity index (χ1) is 13.3. The SMILES string of the molecule is C[C@H]1CN(C(=O)O)[C@](C)(C(C)(C)C)CN1c1nc(Cl)nc2c(F)c(Br)c(Cl)cc12. The monoisotopic (exact) mass is 506 g/mol. The Bertz CT molecular complexity index is 1000. The quantitative estimate of drug-likeness (QED) is 0.388. The van der Waals surface area contributed by atoms with E-state index in [1.54, 1.807) is 6.07 Å². The smallest absolute Gasteiger partial charge is 0.407 e. The van der Waals surface area contributed by atoms with E-state index in [-0.39, 0.29) is 38.3 Å². The van der Waals surface area contributed by atoms with Gasteiger partial charge in [0.05, 0.1) is 15.0 Å². The number of carbonyl (C=O) groups is 1. The number of benzene rings is 1. The average Bonchev–Trinajstić information content (AvgIpc) is 2.60. The van der Waals surface area contributed by atoms with E-state index in [1.165, 1.54) is 4.90 Å². The van der Waals surface area contributed by atoms with Crippen LogP contribution in [0, 0.1) is 11.2 Å². The van der Waals surface area contributed by atoms with Crippen molar-refractivity contribution in [3.05, 3.63) is 26.7 Å². The molecule has 1 aliphatic heterocycles. The number of amides is 1. The molecule has 2 heterocycles. The third kappa shape index (κ3) is 3.64. The highest BCUT2D eigenvalue weighted by molar-refractivity contribution is 9.10. The Morgan fingerprint density at radius 2 is 2.00 bits per heavy atom. The van der Waals surface area contributed by atoms with Crippen molar-refractivity contribution in [1.29, 1.82) is 0 Å². The van der Waals surface area contributed by atoms with E-state index < -0.39 is 17.4 Å². The lowest BCUT2D eigenvalue weighted by Crippen LogP contribution is -2.70. The van der Waals surface area contributed by atoms with Crippen LogP contribution < -0.4 is 4.90 Å². The van der Waals surface area contributed by atoms with Crippen LogP contribution in [0.1, 0.15) is 34.6 Å². The molecule has 1 aromatic carbocycles. The molecular formula is C19H22BrCl2FN4O2. The summed E-state index contributed by atoms with van der Waals surface area (Å²) in [7, 11) is 0. The van der Waals surface area contributed by atoms with E-state index in [4.69, 9.17) is 23.2 Å². The summed E-state index contributed by atoms with van der Waals surface area (Å²) in [6.45, 7) is 10.4. The van der Waals surface area contributed by atoms with Crippen molar-refractivity contribution in [2.75, 3.05) is 18.0 Å². The van der Waals surface area contributed by atoms with Crippen molar-refractivity contribution >= 4 is 61.9 Å². The van der Waals surface area contributed by atoms with Crippen LogP contribution in [0.2, 0.25) is 10.3 Å². The third-order valence-corrected chi connectivity index (χ3v) is 7.42. The zero-order valence-electron chi connectivity index (χ0n) is 16.7. The van der Waals surface area contributed by atoms with E-state index in [0.717, 1.165) is 0 Å². The summed E-state index contributed by atoms with van der Waals surface area (Å²) < 4.78 is 14.9. The normalized spacial score (nSPS) is 23.0. The summed E-state index contributed by atoms with van der Waals surface area (Å²) in [6, 6.07) is 1.38. The van der Waals surface area contributed by atoms with Crippen LogP contribution in [0.4, 0.5) is 15.0 Å². The maximum Gasteiger partial charge on any atom is 0.407 e. The second kappa shape index (κ2) is 7.39. The molecule has 1 aliphatic rings. The molecule has 2 atom stereocenters. The highest BCUT2D eigenvalue weighted by Gasteiger charge is 2.51. The lowest BCUT2D eigenvalue weighted by atomic mass is 9.71. The molecule has 3 rings (SSSR count). The number of rotatable bonds is 1. The van der Waals surface area contributed by atoms with Gasteiger partial charge in [-0.2, -0.15) is 4.98 Å². The van der Waals surface area contributed by atoms with Gasteiger partial charge in [-0.25, -0.2) is 14.2 Å². The number of aromatic nitrogens is 2. The molecule has 0 bridgehead atoms. The van der Waals surface area contributed by atoms with Gasteiger partial charge in [-0.15, -0.1) is 0 Å². The maximum absolute atomic E-state index is 14.8. The predicted octanol–water partition coefficient (Wildman–Crippen LogP) is 5.83. The molecule has 29 heavy (non-hydrogen) atoms. The molecular weight excluding hydrogens is 486 g/mol. The summed E-state index contributed by atoms with van der Waals surface area (Å²) >= 11 is 15.4. The van der Waals surface area contributed by atoms with Crippen LogP contribution in [0.3, 0.4) is 0 Å². The van der Waals surface area contributed by atoms with Crippen LogP contribution in [0.5, 0.6) is 0 Å². The topological polar surface area (TPSA) is 69.6 Å². The van der Waals surface area contributed by atoms with Gasteiger partial charge in [0.1, 0.15) is 11.3 Å². The fraction of sp³-hybridized carbons (Fsp3) is 0.526. The number of fused-ring (bicyclic) bond motifs is 1. The molecule has 0 unspecified atom stereocenters. The van der Waals surface area contributed by atoms with Crippen molar-refractivity contribution in [3.63, 3.8) is 0 Å². The van der Waals surface area contributed by atoms with Crippen LogP contribution >= 0.6 is 39.1 Å². The predicted molar refractivity (Wildman–Crippen MR) is 117 cm³/mol. The van der Waals surface area contributed by atoms with Gasteiger partial charge in [-0.05, 0) is 52.9 Å². The number of nitrogens with zero attached hydrogens (tertiary/aromatic N) is 4. The first kappa shape index (κ1) is 22.3. The van der Waals surface area contributed by atoms with Crippen molar-refractivity contribution in [2.45, 2.75) is 46.2 Å². The molecule has 6 nitrogen and oxygen atoms in total. The molecule has 0 aliphatic carbocycles. The lowest BCUT2D eigenvalue weighted by Gasteiger charge is -2.56. The van der Waals surface area contributed by atoms with Crippen molar-refractivity contribution < 1.29 is 14.3 Å². The number of carboxylic acid groups (broad SMARTS) is 1. The third-order valence-electron chi connectivity index (χ3n) is 5.95. The molecule has 1 N–H and O–H groups in total. The molecule has 0 radical (unpaired) electrons. The Labute approximate surface area is 187 Å². The number of piperazine rings is 1. The van der Waals surface area contributed by atoms with Gasteiger partial charge in [-0.1, -0.05) is 32.4 Å². The Balaban J connectivity index is 2.23. The molecule has 1 aromatic heterocycles. The highest BCUT2D eigenvalue weighted by atomic mass is 79.9. The molecule has 10 heteroatoms. The van der Waals surface area contributed by atoms with Crippen LogP contribution in [-0.2, 0) is 0 Å². The van der Waals surface area contributed by atoms with Gasteiger partial charge in [0.25, 0.3) is 0 Å². The van der Waals surface area contributed by atoms with Crippen molar-refractivity contribution in [3.8, 4) is 0 Å². The number of anilines is 1. The molecule has 1 amide bonds. The average molecular weight is 508 g/mol. The number of hydrogen-bond donors (Lipinski definition) is 1. The summed E-state index contributed by atoms with van der Waals surface area (Å²) in [5, 5.41) is 10.3. The Kier molecular flexibility index (Phi) is 5.69. The molecule has 0 saturated carbocycles. The van der Waals surface area contributed by atoms with Crippen molar-refractivity contribution in [1.82, 2.24) is 14.9 Å². The molecule has 158 valence electrons. The molecule has 2 aromatic rings. The Hall–Kier alpha value is -1.38. The van der Waals surface area contributed by atoms with E-state index in [1.807, 2.05) is 39.5 Å². The van der Waals surface area contributed by atoms with Gasteiger partial charge in [0.15, 0.2) is 5.82 Å². The van der Waals surface area contributed by atoms with E-state index >= 15 is 0 Å². The molecule has 1 saturated heterocycles. The number of halogens is 4. The van der Waals surface area contributed by atoms with Gasteiger partial charge in [-0.3, -0.25) is 4.90 Å². The first-order valence-corrected chi connectivity index (χ1v) is 10.6. The fourth-order valence-corrected chi connectivity index (χ4v) is 4.36. The van der Waals surface area contributed by atoms with Gasteiger partial charge in [0, 0.05) is 24.5 Å². The van der Waals surface area contributed by atoms with Gasteiger partial charge < -0.3 is 10.0 Å². The van der Waals surface area contributed by atoms with E-state index in [9.17, 15) is 14.3 Å². The van der Waals surface area contributed by atoms with Gasteiger partial charge >= 0.3 is 6.09 Å². The Morgan fingerprint density at radius 1 is 1.38 bits per heavy atom. The Morgan fingerprint density at radius 3 is 2.55 bits per heavy atom. The second-order valence-electron chi connectivity index (χ2n) is 8.59. The van der Waals surface area contributed by atoms with E-state index in [2.05, 4.69) is 25.9 Å². The van der Waals surface area contributed by atoms with Crippen molar-refractivity contribution in [2.24, 2.45) is 5.41 Å². The van der Waals surface area contributed by atoms with E-state index in [0.29, 0.717) is 17.7 Å². The standard InChI is InChI=1S/C19H22BrCl2FN4O2/c1-9-7-27(17(28)29)19(5,18(2,3)4)8-26(9)15-10-6-11(21)12(20)13(23)14(10)24-16(22)25-15/h6,9H,7-8H2,1-5H3,(H,28,29)/t9-,19-/m0/s1. The summed E-state index contributed by atoms with van der Waals surface area (Å²) in [5.41, 5.74) is -1.05. The second-order valence-corrected chi connectivity index (χ2v) is 10.1. The highest BCUT2D eigenvalue weighted by Crippen LogP contribution is 2.43. The minimum Gasteiger partial charge on any atom is -0.465 e. The minimum absolute atomic E-state index is 0.0570. The van der Waals surface area contributed by atoms with Crippen LogP contribution in [0.15, 0.2) is 10.5 Å². The van der Waals surface area contributed by atoms with Crippen LogP contribution in [0.25, 0.3) is 10.9 Å². The largest absolute Gasteiger partial charge is 0.465 e. The zero-order valence-corrected chi connectivity index (χ0v) is 19.8. The van der Waals surface area contributed by atoms with Crippen LogP contribution in [-0.4, -0.2) is 50.7 Å².